The summed E-state index contributed by atoms with van der Waals surface area (Å²) in [5, 5.41) is 15.5. The van der Waals surface area contributed by atoms with E-state index < -0.39 is 23.9 Å². The number of hydrogen-bond donors (Lipinski definition) is 3. The summed E-state index contributed by atoms with van der Waals surface area (Å²) < 4.78 is 9.97. The number of ether oxygens (including phenoxy) is 1. The van der Waals surface area contributed by atoms with E-state index in [1.807, 2.05) is 24.5 Å². The number of hydrogen-bond acceptors (Lipinski definition) is 7. The highest BCUT2D eigenvalue weighted by molar-refractivity contribution is 7.18. The molecule has 4 N–H and O–H groups in total. The Morgan fingerprint density at radius 1 is 0.961 bits per heavy atom. The summed E-state index contributed by atoms with van der Waals surface area (Å²) in [6.07, 6.45) is 9.07. The van der Waals surface area contributed by atoms with E-state index in [9.17, 15) is 19.5 Å². The number of rotatable bonds is 11. The first kappa shape index (κ1) is 34.3. The van der Waals surface area contributed by atoms with Crippen molar-refractivity contribution < 1.29 is 28.6 Å². The third-order valence-electron chi connectivity index (χ3n) is 9.34. The molecule has 1 aliphatic carbocycles. The van der Waals surface area contributed by atoms with Crippen molar-refractivity contribution in [2.75, 3.05) is 5.32 Å². The van der Waals surface area contributed by atoms with Gasteiger partial charge in [0.05, 0.1) is 11.5 Å². The molecule has 12 heteroatoms. The average molecular weight is 723 g/mol. The lowest BCUT2D eigenvalue weighted by Gasteiger charge is -2.29. The summed E-state index contributed by atoms with van der Waals surface area (Å²) in [5.74, 6) is -0.969. The number of amides is 3. The SMILES string of the molecule is Cc1c[n+]2cc(CN(C(=O)Nc3ccc(C(=O)OC4CCCCC4)s3)[C@@H](Cc3ccc(O)cc3)C(N)=O)n(Cc3ccc4ccccc4c3)c2s1. The Hall–Kier alpha value is -5.20. The van der Waals surface area contributed by atoms with Crippen molar-refractivity contribution in [1.82, 2.24) is 9.47 Å². The van der Waals surface area contributed by atoms with E-state index in [2.05, 4.69) is 51.5 Å². The van der Waals surface area contributed by atoms with E-state index in [-0.39, 0.29) is 24.8 Å². The molecule has 262 valence electrons. The topological polar surface area (TPSA) is 131 Å². The van der Waals surface area contributed by atoms with Crippen LogP contribution in [0.5, 0.6) is 5.75 Å². The van der Waals surface area contributed by atoms with Crippen molar-refractivity contribution in [2.45, 2.75) is 70.7 Å². The van der Waals surface area contributed by atoms with Crippen LogP contribution in [0.3, 0.4) is 0 Å². The number of anilines is 1. The number of nitrogens with two attached hydrogens (primary N) is 1. The summed E-state index contributed by atoms with van der Waals surface area (Å²) >= 11 is 2.78. The number of aryl methyl sites for hydroxylation is 1. The number of primary amides is 1. The molecule has 7 rings (SSSR count). The van der Waals surface area contributed by atoms with Crippen LogP contribution in [0.4, 0.5) is 9.80 Å². The highest BCUT2D eigenvalue weighted by Crippen LogP contribution is 2.28. The second-order valence-corrected chi connectivity index (χ2v) is 15.4. The van der Waals surface area contributed by atoms with Crippen molar-refractivity contribution in [1.29, 1.82) is 0 Å². The molecule has 1 fully saturated rings. The molecule has 51 heavy (non-hydrogen) atoms. The Labute approximate surface area is 303 Å². The van der Waals surface area contributed by atoms with Crippen LogP contribution in [0.2, 0.25) is 0 Å². The number of nitrogens with one attached hydrogen (secondary N) is 1. The predicted molar refractivity (Wildman–Crippen MR) is 199 cm³/mol. The van der Waals surface area contributed by atoms with Gasteiger partial charge in [-0.25, -0.2) is 14.2 Å². The van der Waals surface area contributed by atoms with E-state index in [1.165, 1.54) is 4.90 Å². The molecule has 0 saturated heterocycles. The third kappa shape index (κ3) is 7.92. The molecule has 3 amide bonds. The lowest BCUT2D eigenvalue weighted by molar-refractivity contribution is -0.506. The van der Waals surface area contributed by atoms with Gasteiger partial charge in [0, 0.05) is 11.3 Å². The van der Waals surface area contributed by atoms with Crippen LogP contribution in [0.25, 0.3) is 15.7 Å². The summed E-state index contributed by atoms with van der Waals surface area (Å²) in [5.41, 5.74) is 8.68. The zero-order valence-corrected chi connectivity index (χ0v) is 29.9. The first-order valence-electron chi connectivity index (χ1n) is 17.1. The van der Waals surface area contributed by atoms with Crippen molar-refractivity contribution in [2.24, 2.45) is 5.73 Å². The molecule has 1 saturated carbocycles. The molecule has 10 nitrogen and oxygen atoms in total. The number of aromatic hydroxyl groups is 1. The molecule has 1 aliphatic rings. The zero-order chi connectivity index (χ0) is 35.5. The van der Waals surface area contributed by atoms with Crippen LogP contribution in [-0.4, -0.2) is 44.6 Å². The van der Waals surface area contributed by atoms with Crippen LogP contribution < -0.4 is 15.5 Å². The maximum absolute atomic E-state index is 14.3. The fourth-order valence-corrected chi connectivity index (χ4v) is 8.47. The number of carbonyl (C=O) groups is 3. The summed E-state index contributed by atoms with van der Waals surface area (Å²) in [6, 6.07) is 22.9. The van der Waals surface area contributed by atoms with E-state index in [0.29, 0.717) is 16.4 Å². The first-order chi connectivity index (χ1) is 24.7. The lowest BCUT2D eigenvalue weighted by atomic mass is 9.98. The van der Waals surface area contributed by atoms with Crippen LogP contribution >= 0.6 is 22.7 Å². The molecule has 3 aromatic carbocycles. The number of urea groups is 1. The molecule has 1 atom stereocenters. The normalized spacial score (nSPS) is 14.1. The summed E-state index contributed by atoms with van der Waals surface area (Å²) in [7, 11) is 0. The Bertz CT molecular complexity index is 2200. The molecule has 3 heterocycles. The number of esters is 1. The fourth-order valence-electron chi connectivity index (χ4n) is 6.73. The molecular formula is C39H40N5O5S2+. The zero-order valence-electron chi connectivity index (χ0n) is 28.3. The number of phenols is 1. The van der Waals surface area contributed by atoms with Crippen LogP contribution in [-0.2, 0) is 29.0 Å². The molecule has 3 aromatic heterocycles. The summed E-state index contributed by atoms with van der Waals surface area (Å²) in [4.78, 5) is 44.4. The monoisotopic (exact) mass is 722 g/mol. The van der Waals surface area contributed by atoms with Crippen molar-refractivity contribution in [3.63, 3.8) is 0 Å². The van der Waals surface area contributed by atoms with Gasteiger partial charge in [-0.1, -0.05) is 66.3 Å². The van der Waals surface area contributed by atoms with E-state index in [4.69, 9.17) is 10.5 Å². The molecule has 0 spiro atoms. The number of imidazole rings is 1. The van der Waals surface area contributed by atoms with Crippen LogP contribution in [0.15, 0.2) is 91.3 Å². The first-order valence-corrected chi connectivity index (χ1v) is 18.8. The second-order valence-electron chi connectivity index (χ2n) is 13.1. The van der Waals surface area contributed by atoms with E-state index >= 15 is 0 Å². The quantitative estimate of drug-likeness (QED) is 0.0963. The lowest BCUT2D eigenvalue weighted by Crippen LogP contribution is -2.50. The minimum Gasteiger partial charge on any atom is -0.508 e. The van der Waals surface area contributed by atoms with Gasteiger partial charge in [0.15, 0.2) is 5.69 Å². The Morgan fingerprint density at radius 3 is 2.47 bits per heavy atom. The second kappa shape index (κ2) is 15.0. The highest BCUT2D eigenvalue weighted by Gasteiger charge is 2.33. The van der Waals surface area contributed by atoms with Gasteiger partial charge in [0.25, 0.3) is 0 Å². The number of phenolic OH excluding ortho intramolecular Hbond substituents is 1. The molecule has 0 bridgehead atoms. The van der Waals surface area contributed by atoms with Gasteiger partial charge in [-0.05, 0) is 84.8 Å². The van der Waals surface area contributed by atoms with Crippen molar-refractivity contribution in [3.05, 3.63) is 118 Å². The number of benzene rings is 3. The van der Waals surface area contributed by atoms with Crippen molar-refractivity contribution >= 4 is 61.3 Å². The molecule has 0 unspecified atom stereocenters. The number of thiazole rings is 1. The van der Waals surface area contributed by atoms with Crippen LogP contribution in [0.1, 0.15) is 63.5 Å². The van der Waals surface area contributed by atoms with E-state index in [0.717, 1.165) is 80.9 Å². The van der Waals surface area contributed by atoms with Gasteiger partial charge < -0.3 is 20.5 Å². The Morgan fingerprint density at radius 2 is 1.71 bits per heavy atom. The van der Waals surface area contributed by atoms with Gasteiger partial charge >= 0.3 is 17.0 Å². The number of thiophene rings is 1. The minimum absolute atomic E-state index is 0.0699. The maximum Gasteiger partial charge on any atom is 0.348 e. The third-order valence-corrected chi connectivity index (χ3v) is 11.4. The largest absolute Gasteiger partial charge is 0.508 e. The number of carbonyl (C=O) groups excluding carboxylic acids is 3. The Kier molecular flexibility index (Phi) is 10.0. The number of nitrogens with zero attached hydrogens (tertiary/aromatic N) is 3. The van der Waals surface area contributed by atoms with E-state index in [1.54, 1.807) is 47.7 Å². The van der Waals surface area contributed by atoms with Gasteiger partial charge in [0.1, 0.15) is 41.7 Å². The van der Waals surface area contributed by atoms with Gasteiger partial charge in [-0.3, -0.25) is 10.1 Å². The Balaban J connectivity index is 1.20. The predicted octanol–water partition coefficient (Wildman–Crippen LogP) is 7.19. The molecule has 0 aliphatic heterocycles. The van der Waals surface area contributed by atoms with Gasteiger partial charge in [-0.15, -0.1) is 11.3 Å². The number of aromatic nitrogens is 2. The molecule has 6 aromatic rings. The number of fused-ring (bicyclic) bond motifs is 2. The average Bonchev–Trinajstić information content (AvgIpc) is 3.82. The fraction of sp³-hybridized carbons (Fsp3) is 0.282. The standard InChI is InChI=1S/C39H39N5O5S2/c1-25-21-42-23-30(43(39(42)50-25)22-27-11-14-28-7-5-6-8-29(28)19-27)24-44(33(36(40)46)20-26-12-15-31(45)16-13-26)38(48)41-35-18-17-34(51-35)37(47)49-32-9-3-2-4-10-32/h5-8,11-19,21,23,32-33H,2-4,9-10,20,22,24H2,1H3,(H3-,40,41,45,46,47,48)/p+1/t33-/m0/s1. The van der Waals surface area contributed by atoms with Gasteiger partial charge in [0.2, 0.25) is 5.91 Å². The molecule has 0 radical (unpaired) electrons. The van der Waals surface area contributed by atoms with Crippen LogP contribution in [0, 0.1) is 6.92 Å². The summed E-state index contributed by atoms with van der Waals surface area (Å²) in [6.45, 7) is 2.67. The van der Waals surface area contributed by atoms with Gasteiger partial charge in [-0.2, -0.15) is 4.40 Å². The maximum atomic E-state index is 14.3. The highest BCUT2D eigenvalue weighted by atomic mass is 32.1. The minimum atomic E-state index is -1.03. The van der Waals surface area contributed by atoms with Crippen molar-refractivity contribution in [3.8, 4) is 5.75 Å². The molecular weight excluding hydrogens is 683 g/mol. The smallest absolute Gasteiger partial charge is 0.348 e.